The SMILES string of the molecule is CN=C(NCCc1c[nH]c2ccc(F)cc12)N(C)CCc1ccc(OC)c(OC)c1. The van der Waals surface area contributed by atoms with Crippen molar-refractivity contribution in [2.75, 3.05) is 41.4 Å². The zero-order chi connectivity index (χ0) is 21.5. The number of aliphatic imine (C=N–C) groups is 1. The molecule has 3 aromatic rings. The van der Waals surface area contributed by atoms with Gasteiger partial charge in [0.2, 0.25) is 0 Å². The van der Waals surface area contributed by atoms with E-state index in [1.54, 1.807) is 33.4 Å². The van der Waals surface area contributed by atoms with E-state index < -0.39 is 0 Å². The van der Waals surface area contributed by atoms with Crippen molar-refractivity contribution in [2.24, 2.45) is 4.99 Å². The van der Waals surface area contributed by atoms with Crippen LogP contribution < -0.4 is 14.8 Å². The number of nitrogens with one attached hydrogen (secondary N) is 2. The average Bonchev–Trinajstić information content (AvgIpc) is 3.16. The highest BCUT2D eigenvalue weighted by Gasteiger charge is 2.10. The van der Waals surface area contributed by atoms with Crippen LogP contribution in [0.5, 0.6) is 11.5 Å². The molecule has 0 aliphatic heterocycles. The van der Waals surface area contributed by atoms with Gasteiger partial charge in [-0.05, 0) is 54.3 Å². The maximum atomic E-state index is 13.5. The van der Waals surface area contributed by atoms with Crippen LogP contribution in [0.15, 0.2) is 47.6 Å². The molecule has 160 valence electrons. The van der Waals surface area contributed by atoms with E-state index >= 15 is 0 Å². The fourth-order valence-corrected chi connectivity index (χ4v) is 3.49. The molecule has 1 aromatic heterocycles. The molecule has 7 heteroatoms. The van der Waals surface area contributed by atoms with Crippen LogP contribution in [0.3, 0.4) is 0 Å². The van der Waals surface area contributed by atoms with Crippen molar-refractivity contribution < 1.29 is 13.9 Å². The van der Waals surface area contributed by atoms with Gasteiger partial charge in [-0.25, -0.2) is 4.39 Å². The van der Waals surface area contributed by atoms with Gasteiger partial charge < -0.3 is 24.7 Å². The molecule has 30 heavy (non-hydrogen) atoms. The van der Waals surface area contributed by atoms with Crippen molar-refractivity contribution in [3.63, 3.8) is 0 Å². The molecule has 0 fully saturated rings. The third kappa shape index (κ3) is 5.03. The molecular formula is C23H29FN4O2. The average molecular weight is 413 g/mol. The van der Waals surface area contributed by atoms with E-state index in [2.05, 4.69) is 20.2 Å². The molecular weight excluding hydrogens is 383 g/mol. The van der Waals surface area contributed by atoms with Crippen molar-refractivity contribution in [1.82, 2.24) is 15.2 Å². The van der Waals surface area contributed by atoms with Gasteiger partial charge in [0.15, 0.2) is 17.5 Å². The zero-order valence-corrected chi connectivity index (χ0v) is 18.0. The summed E-state index contributed by atoms with van der Waals surface area (Å²) in [7, 11) is 7.06. The van der Waals surface area contributed by atoms with Gasteiger partial charge in [-0.1, -0.05) is 6.07 Å². The molecule has 0 atom stereocenters. The minimum atomic E-state index is -0.220. The summed E-state index contributed by atoms with van der Waals surface area (Å²) in [6.45, 7) is 1.50. The summed E-state index contributed by atoms with van der Waals surface area (Å²) in [5, 5.41) is 4.31. The normalized spacial score (nSPS) is 11.6. The largest absolute Gasteiger partial charge is 0.493 e. The molecule has 0 aliphatic carbocycles. The molecule has 0 radical (unpaired) electrons. The minimum absolute atomic E-state index is 0.220. The highest BCUT2D eigenvalue weighted by molar-refractivity contribution is 5.83. The number of rotatable bonds is 8. The third-order valence-electron chi connectivity index (χ3n) is 5.16. The Balaban J connectivity index is 1.53. The number of methoxy groups -OCH3 is 2. The lowest BCUT2D eigenvalue weighted by Gasteiger charge is -2.22. The first-order valence-electron chi connectivity index (χ1n) is 9.94. The van der Waals surface area contributed by atoms with Gasteiger partial charge in [0, 0.05) is 44.3 Å². The standard InChI is InChI=1S/C23H29FN4O2/c1-25-23(26-11-9-17-15-27-20-7-6-18(24)14-19(17)20)28(2)12-10-16-5-8-21(29-3)22(13-16)30-4/h5-8,13-15,27H,9-12H2,1-4H3,(H,25,26). The fourth-order valence-electron chi connectivity index (χ4n) is 3.49. The minimum Gasteiger partial charge on any atom is -0.493 e. The second-order valence-corrected chi connectivity index (χ2v) is 7.09. The molecule has 3 rings (SSSR count). The zero-order valence-electron chi connectivity index (χ0n) is 18.0. The van der Waals surface area contributed by atoms with Gasteiger partial charge in [-0.15, -0.1) is 0 Å². The number of benzene rings is 2. The summed E-state index contributed by atoms with van der Waals surface area (Å²) in [4.78, 5) is 9.66. The number of hydrogen-bond acceptors (Lipinski definition) is 3. The third-order valence-corrected chi connectivity index (χ3v) is 5.16. The van der Waals surface area contributed by atoms with E-state index in [1.807, 2.05) is 31.4 Å². The van der Waals surface area contributed by atoms with E-state index in [9.17, 15) is 4.39 Å². The maximum absolute atomic E-state index is 13.5. The number of H-pyrrole nitrogens is 1. The molecule has 6 nitrogen and oxygen atoms in total. The number of nitrogens with zero attached hydrogens (tertiary/aromatic N) is 2. The van der Waals surface area contributed by atoms with Crippen LogP contribution in [0.1, 0.15) is 11.1 Å². The number of halogens is 1. The Morgan fingerprint density at radius 3 is 2.63 bits per heavy atom. The number of aromatic amines is 1. The molecule has 0 saturated carbocycles. The van der Waals surface area contributed by atoms with Gasteiger partial charge >= 0.3 is 0 Å². The Morgan fingerprint density at radius 1 is 1.10 bits per heavy atom. The lowest BCUT2D eigenvalue weighted by Crippen LogP contribution is -2.40. The number of guanidine groups is 1. The van der Waals surface area contributed by atoms with Crippen LogP contribution in [-0.2, 0) is 12.8 Å². The lowest BCUT2D eigenvalue weighted by molar-refractivity contribution is 0.354. The quantitative estimate of drug-likeness (QED) is 0.438. The van der Waals surface area contributed by atoms with Gasteiger partial charge in [0.1, 0.15) is 5.82 Å². The smallest absolute Gasteiger partial charge is 0.193 e. The van der Waals surface area contributed by atoms with Crippen molar-refractivity contribution in [3.05, 3.63) is 59.5 Å². The van der Waals surface area contributed by atoms with Gasteiger partial charge in [0.05, 0.1) is 14.2 Å². The van der Waals surface area contributed by atoms with Crippen molar-refractivity contribution in [1.29, 1.82) is 0 Å². The Labute approximate surface area is 176 Å². The number of fused-ring (bicyclic) bond motifs is 1. The number of ether oxygens (including phenoxy) is 2. The molecule has 0 aliphatic rings. The highest BCUT2D eigenvalue weighted by Crippen LogP contribution is 2.27. The van der Waals surface area contributed by atoms with Crippen LogP contribution >= 0.6 is 0 Å². The van der Waals surface area contributed by atoms with Crippen LogP contribution in [0.2, 0.25) is 0 Å². The van der Waals surface area contributed by atoms with Crippen molar-refractivity contribution in [3.8, 4) is 11.5 Å². The first kappa shape index (κ1) is 21.5. The summed E-state index contributed by atoms with van der Waals surface area (Å²) >= 11 is 0. The second-order valence-electron chi connectivity index (χ2n) is 7.09. The molecule has 1 heterocycles. The second kappa shape index (κ2) is 10.0. The Bertz CT molecular complexity index is 1020. The van der Waals surface area contributed by atoms with Gasteiger partial charge in [0.25, 0.3) is 0 Å². The predicted octanol–water partition coefficient (Wildman–Crippen LogP) is 3.62. The van der Waals surface area contributed by atoms with E-state index in [0.717, 1.165) is 58.9 Å². The molecule has 2 N–H and O–H groups in total. The first-order chi connectivity index (χ1) is 14.5. The Kier molecular flexibility index (Phi) is 7.17. The monoisotopic (exact) mass is 412 g/mol. The number of likely N-dealkylation sites (N-methyl/N-ethyl adjacent to an activating group) is 1. The molecule has 0 spiro atoms. The van der Waals surface area contributed by atoms with E-state index in [0.29, 0.717) is 6.54 Å². The topological polar surface area (TPSA) is 61.9 Å². The van der Waals surface area contributed by atoms with Gasteiger partial charge in [-0.3, -0.25) is 4.99 Å². The fraction of sp³-hybridized carbons (Fsp3) is 0.348. The predicted molar refractivity (Wildman–Crippen MR) is 119 cm³/mol. The molecule has 2 aromatic carbocycles. The molecule has 0 bridgehead atoms. The molecule has 0 saturated heterocycles. The summed E-state index contributed by atoms with van der Waals surface area (Å²) in [6, 6.07) is 10.8. The summed E-state index contributed by atoms with van der Waals surface area (Å²) < 4.78 is 24.2. The van der Waals surface area contributed by atoms with Crippen LogP contribution in [0.4, 0.5) is 4.39 Å². The van der Waals surface area contributed by atoms with Crippen LogP contribution in [0, 0.1) is 5.82 Å². The van der Waals surface area contributed by atoms with Crippen LogP contribution in [0.25, 0.3) is 10.9 Å². The van der Waals surface area contributed by atoms with E-state index in [1.165, 1.54) is 6.07 Å². The molecule has 0 amide bonds. The van der Waals surface area contributed by atoms with Crippen LogP contribution in [-0.4, -0.2) is 57.2 Å². The highest BCUT2D eigenvalue weighted by atomic mass is 19.1. The first-order valence-corrected chi connectivity index (χ1v) is 9.94. The summed E-state index contributed by atoms with van der Waals surface area (Å²) in [5.41, 5.74) is 3.19. The summed E-state index contributed by atoms with van der Waals surface area (Å²) in [6.07, 6.45) is 3.56. The summed E-state index contributed by atoms with van der Waals surface area (Å²) in [5.74, 6) is 2.06. The number of aromatic nitrogens is 1. The molecule has 0 unspecified atom stereocenters. The van der Waals surface area contributed by atoms with Gasteiger partial charge in [-0.2, -0.15) is 0 Å². The van der Waals surface area contributed by atoms with Crippen molar-refractivity contribution >= 4 is 16.9 Å². The lowest BCUT2D eigenvalue weighted by atomic mass is 10.1. The van der Waals surface area contributed by atoms with E-state index in [-0.39, 0.29) is 5.82 Å². The van der Waals surface area contributed by atoms with Crippen molar-refractivity contribution in [2.45, 2.75) is 12.8 Å². The van der Waals surface area contributed by atoms with E-state index in [4.69, 9.17) is 9.47 Å². The number of hydrogen-bond donors (Lipinski definition) is 2. The Hall–Kier alpha value is -3.22. The Morgan fingerprint density at radius 2 is 1.90 bits per heavy atom. The maximum Gasteiger partial charge on any atom is 0.193 e.